The van der Waals surface area contributed by atoms with E-state index < -0.39 is 5.41 Å². The third-order valence-electron chi connectivity index (χ3n) is 18.4. The molecule has 0 spiro atoms. The number of hydrogen-bond donors (Lipinski definition) is 0. The van der Waals surface area contributed by atoms with Gasteiger partial charge in [0.15, 0.2) is 0 Å². The van der Waals surface area contributed by atoms with Crippen LogP contribution in [0.15, 0.2) is 315 Å². The van der Waals surface area contributed by atoms with Gasteiger partial charge in [-0.3, -0.25) is 0 Å². The molecule has 1 aliphatic rings. The van der Waals surface area contributed by atoms with Crippen molar-refractivity contribution >= 4 is 89.5 Å². The summed E-state index contributed by atoms with van der Waals surface area (Å²) in [5.74, 6) is 0. The van der Waals surface area contributed by atoms with E-state index in [1.165, 1.54) is 143 Å². The van der Waals surface area contributed by atoms with E-state index in [1.54, 1.807) is 0 Å². The zero-order chi connectivity index (χ0) is 57.4. The Morgan fingerprint density at radius 2 is 0.586 bits per heavy atom. The molecule has 2 nitrogen and oxygen atoms in total. The van der Waals surface area contributed by atoms with Crippen molar-refractivity contribution in [3.63, 3.8) is 0 Å². The summed E-state index contributed by atoms with van der Waals surface area (Å²) < 4.78 is 4.80. The number of aromatic nitrogens is 2. The van der Waals surface area contributed by atoms with Gasteiger partial charge in [0.2, 0.25) is 0 Å². The van der Waals surface area contributed by atoms with Crippen LogP contribution in [0.2, 0.25) is 0 Å². The van der Waals surface area contributed by atoms with Gasteiger partial charge in [0, 0.05) is 32.9 Å². The van der Waals surface area contributed by atoms with Crippen LogP contribution in [-0.2, 0) is 5.41 Å². The molecule has 0 N–H and O–H groups in total. The molecule has 2 aromatic heterocycles. The highest BCUT2D eigenvalue weighted by molar-refractivity contribution is 6.11. The third-order valence-corrected chi connectivity index (χ3v) is 18.4. The van der Waals surface area contributed by atoms with Gasteiger partial charge in [-0.2, -0.15) is 0 Å². The molecule has 2 heteroatoms. The summed E-state index contributed by atoms with van der Waals surface area (Å²) in [6, 6.07) is 117. The van der Waals surface area contributed by atoms with Crippen molar-refractivity contribution in [3.8, 4) is 44.8 Å². The molecular formula is C85H56N2. The lowest BCUT2D eigenvalue weighted by Gasteiger charge is -2.34. The number of benzene rings is 14. The van der Waals surface area contributed by atoms with E-state index in [-0.39, 0.29) is 0 Å². The SMILES string of the molecule is C(=Cc1ccc2c(c1)c1ccccc1n2-c1ccc2ccccc2c1)c1ccc(-c2ccc3c(c2)C(c2ccccc2)(c2ccccc2)c2cc(-c4ccc(C=Cc5ccc6c(c5)c5ccccc5n6-c5ccc6ccccc6c5)cc4)ccc2-3)cc1. The maximum atomic E-state index is 2.46. The molecule has 0 unspecified atom stereocenters. The molecule has 406 valence electrons. The fourth-order valence-corrected chi connectivity index (χ4v) is 14.2. The molecule has 87 heavy (non-hydrogen) atoms. The third kappa shape index (κ3) is 8.40. The van der Waals surface area contributed by atoms with Crippen molar-refractivity contribution in [1.82, 2.24) is 9.13 Å². The molecule has 2 heterocycles. The van der Waals surface area contributed by atoms with Crippen LogP contribution in [0.3, 0.4) is 0 Å². The zero-order valence-corrected chi connectivity index (χ0v) is 47.7. The van der Waals surface area contributed by atoms with Gasteiger partial charge in [0.1, 0.15) is 0 Å². The Labute approximate surface area is 505 Å². The van der Waals surface area contributed by atoms with Gasteiger partial charge in [0.05, 0.1) is 27.5 Å². The van der Waals surface area contributed by atoms with Crippen LogP contribution in [0.25, 0.3) is 134 Å². The lowest BCUT2D eigenvalue weighted by Crippen LogP contribution is -2.28. The van der Waals surface area contributed by atoms with E-state index in [2.05, 4.69) is 349 Å². The Morgan fingerprint density at radius 1 is 0.230 bits per heavy atom. The van der Waals surface area contributed by atoms with Gasteiger partial charge in [-0.25, -0.2) is 0 Å². The highest BCUT2D eigenvalue weighted by Gasteiger charge is 2.46. The Kier molecular flexibility index (Phi) is 11.8. The molecule has 0 atom stereocenters. The van der Waals surface area contributed by atoms with E-state index in [4.69, 9.17) is 0 Å². The number of para-hydroxylation sites is 2. The average molecular weight is 1110 g/mol. The molecule has 17 rings (SSSR count). The summed E-state index contributed by atoms with van der Waals surface area (Å²) >= 11 is 0. The maximum absolute atomic E-state index is 2.46. The Morgan fingerprint density at radius 3 is 1.03 bits per heavy atom. The highest BCUT2D eigenvalue weighted by atomic mass is 15.0. The molecule has 0 saturated heterocycles. The second kappa shape index (κ2) is 20.5. The van der Waals surface area contributed by atoms with Crippen LogP contribution in [0, 0.1) is 0 Å². The standard InChI is InChI=1S/C85H56N2/c1-3-19-69(20-4-1)85(70-21-5-2-6-22-70)79-55-67(63-37-31-57(32-38-63)27-29-59-35-49-83-77(51-59)75-23-11-13-25-81(75)86(83)71-45-41-61-15-7-9-17-65(61)53-71)43-47-73(79)74-48-44-68(56-80(74)85)64-39-33-58(34-40-64)28-30-60-36-50-84-78(52-60)76-24-12-14-26-82(76)87(84)72-46-42-62-16-8-10-18-66(62)54-72/h1-56H. The number of hydrogen-bond acceptors (Lipinski definition) is 0. The van der Waals surface area contributed by atoms with Crippen LogP contribution in [-0.4, -0.2) is 9.13 Å². The van der Waals surface area contributed by atoms with E-state index in [1.807, 2.05) is 0 Å². The average Bonchev–Trinajstić information content (AvgIpc) is 1.58. The summed E-state index contributed by atoms with van der Waals surface area (Å²) in [7, 11) is 0. The predicted octanol–water partition coefficient (Wildman–Crippen LogP) is 22.2. The van der Waals surface area contributed by atoms with Crippen molar-refractivity contribution < 1.29 is 0 Å². The van der Waals surface area contributed by atoms with Crippen LogP contribution < -0.4 is 0 Å². The second-order valence-corrected chi connectivity index (χ2v) is 23.2. The van der Waals surface area contributed by atoms with Gasteiger partial charge in [-0.15, -0.1) is 0 Å². The fraction of sp³-hybridized carbons (Fsp3) is 0.0118. The molecule has 1 aliphatic carbocycles. The van der Waals surface area contributed by atoms with Gasteiger partial charge in [0.25, 0.3) is 0 Å². The normalized spacial score (nSPS) is 12.8. The summed E-state index contributed by atoms with van der Waals surface area (Å²) in [5, 5.41) is 9.97. The van der Waals surface area contributed by atoms with Crippen molar-refractivity contribution in [3.05, 3.63) is 360 Å². The molecule has 0 amide bonds. The first-order valence-electron chi connectivity index (χ1n) is 30.1. The topological polar surface area (TPSA) is 9.86 Å². The van der Waals surface area contributed by atoms with Crippen LogP contribution in [0.4, 0.5) is 0 Å². The van der Waals surface area contributed by atoms with Crippen molar-refractivity contribution in [1.29, 1.82) is 0 Å². The molecular weight excluding hydrogens is 1050 g/mol. The van der Waals surface area contributed by atoms with Crippen molar-refractivity contribution in [2.75, 3.05) is 0 Å². The lowest BCUT2D eigenvalue weighted by molar-refractivity contribution is 0.769. The maximum Gasteiger partial charge on any atom is 0.0713 e. The van der Waals surface area contributed by atoms with Gasteiger partial charge >= 0.3 is 0 Å². The minimum Gasteiger partial charge on any atom is -0.309 e. The molecule has 0 bridgehead atoms. The largest absolute Gasteiger partial charge is 0.309 e. The number of fused-ring (bicyclic) bond motifs is 11. The number of rotatable bonds is 10. The van der Waals surface area contributed by atoms with E-state index in [0.717, 1.165) is 11.1 Å². The van der Waals surface area contributed by atoms with Gasteiger partial charge < -0.3 is 9.13 Å². The van der Waals surface area contributed by atoms with Crippen molar-refractivity contribution in [2.45, 2.75) is 5.41 Å². The summed E-state index contributed by atoms with van der Waals surface area (Å²) in [6.45, 7) is 0. The summed E-state index contributed by atoms with van der Waals surface area (Å²) in [4.78, 5) is 0. The Balaban J connectivity index is 0.674. The predicted molar refractivity (Wildman–Crippen MR) is 369 cm³/mol. The van der Waals surface area contributed by atoms with E-state index in [0.29, 0.717) is 0 Å². The molecule has 16 aromatic rings. The van der Waals surface area contributed by atoms with Gasteiger partial charge in [-0.1, -0.05) is 267 Å². The Hall–Kier alpha value is -11.3. The molecule has 0 saturated carbocycles. The first-order chi connectivity index (χ1) is 43.1. The molecule has 0 aliphatic heterocycles. The minimum atomic E-state index is -0.559. The minimum absolute atomic E-state index is 0.559. The molecule has 0 fully saturated rings. The molecule has 0 radical (unpaired) electrons. The van der Waals surface area contributed by atoms with E-state index in [9.17, 15) is 0 Å². The summed E-state index contributed by atoms with van der Waals surface area (Å²) in [6.07, 6.45) is 8.96. The zero-order valence-electron chi connectivity index (χ0n) is 47.7. The quantitative estimate of drug-likeness (QED) is 0.121. The van der Waals surface area contributed by atoms with Crippen LogP contribution in [0.1, 0.15) is 44.5 Å². The first kappa shape index (κ1) is 50.2. The monoisotopic (exact) mass is 1100 g/mol. The van der Waals surface area contributed by atoms with Crippen LogP contribution in [0.5, 0.6) is 0 Å². The van der Waals surface area contributed by atoms with Crippen LogP contribution >= 0.6 is 0 Å². The highest BCUT2D eigenvalue weighted by Crippen LogP contribution is 2.57. The molecule has 14 aromatic carbocycles. The van der Waals surface area contributed by atoms with Gasteiger partial charge in [-0.05, 0) is 172 Å². The number of nitrogens with zero attached hydrogens (tertiary/aromatic N) is 2. The van der Waals surface area contributed by atoms with E-state index >= 15 is 0 Å². The van der Waals surface area contributed by atoms with Crippen molar-refractivity contribution in [2.24, 2.45) is 0 Å². The second-order valence-electron chi connectivity index (χ2n) is 23.2. The first-order valence-corrected chi connectivity index (χ1v) is 30.1. The smallest absolute Gasteiger partial charge is 0.0713 e. The lowest BCUT2D eigenvalue weighted by atomic mass is 9.67. The Bertz CT molecular complexity index is 5080. The fourth-order valence-electron chi connectivity index (χ4n) is 14.2. The summed E-state index contributed by atoms with van der Waals surface area (Å²) in [5.41, 5.74) is 23.6.